The van der Waals surface area contributed by atoms with Crippen LogP contribution in [0.1, 0.15) is 29.5 Å². The topological polar surface area (TPSA) is 72.8 Å². The zero-order valence-electron chi connectivity index (χ0n) is 23.8. The fraction of sp³-hybridized carbons (Fsp3) is 0.375. The Bertz CT molecular complexity index is 1370. The molecule has 41 heavy (non-hydrogen) atoms. The number of fused-ring (bicyclic) bond motifs is 4. The van der Waals surface area contributed by atoms with Crippen molar-refractivity contribution in [1.82, 2.24) is 9.80 Å². The monoisotopic (exact) mass is 561 g/mol. The van der Waals surface area contributed by atoms with E-state index in [0.29, 0.717) is 12.1 Å². The van der Waals surface area contributed by atoms with E-state index in [4.69, 9.17) is 18.9 Å². The number of carbonyl (C=O) groups excluding carboxylic acids is 1. The van der Waals surface area contributed by atoms with Crippen LogP contribution in [0.2, 0.25) is 0 Å². The van der Waals surface area contributed by atoms with E-state index in [0.717, 1.165) is 55.1 Å². The highest BCUT2D eigenvalue weighted by Gasteiger charge is 2.34. The molecular formula is C32H36FN3O5. The van der Waals surface area contributed by atoms with Crippen molar-refractivity contribution in [3.63, 3.8) is 0 Å². The van der Waals surface area contributed by atoms with Gasteiger partial charge < -0.3 is 28.7 Å². The first-order chi connectivity index (χ1) is 20.0. The standard InChI is InChI=1S/C32H36FN3O5/c1-34-30(32(37)36-17-16-35-14-12-25(36)13-15-35)24-18-28(33)31(41-21-23-6-10-27(39-3)11-7-23)29(19-24)40-20-22-4-8-26(38-2)9-5-22/h4-11,18-19,25H,12-17,20-21H2,1-3H3. The number of nitrogens with zero attached hydrogens (tertiary/aromatic N) is 3. The van der Waals surface area contributed by atoms with Crippen molar-refractivity contribution in [2.45, 2.75) is 32.1 Å². The molecule has 3 aliphatic rings. The van der Waals surface area contributed by atoms with Gasteiger partial charge in [-0.15, -0.1) is 0 Å². The molecule has 1 amide bonds. The zero-order chi connectivity index (χ0) is 28.8. The number of methoxy groups -OCH3 is 2. The third-order valence-corrected chi connectivity index (χ3v) is 7.72. The van der Waals surface area contributed by atoms with Crippen molar-refractivity contribution in [1.29, 1.82) is 0 Å². The first-order valence-corrected chi connectivity index (χ1v) is 13.8. The Morgan fingerprint density at radius 2 is 1.44 bits per heavy atom. The molecule has 3 aromatic carbocycles. The largest absolute Gasteiger partial charge is 0.497 e. The SMILES string of the molecule is CN=C(C(=O)N1CCN2CCC1CC2)c1cc(F)c(OCc2ccc(OC)cc2)c(OCc2ccc(OC)cc2)c1. The minimum Gasteiger partial charge on any atom is -0.497 e. The lowest BCUT2D eigenvalue weighted by molar-refractivity contribution is -0.125. The molecule has 0 radical (unpaired) electrons. The smallest absolute Gasteiger partial charge is 0.272 e. The summed E-state index contributed by atoms with van der Waals surface area (Å²) >= 11 is 0. The van der Waals surface area contributed by atoms with E-state index in [1.165, 1.54) is 6.07 Å². The molecule has 216 valence electrons. The normalized spacial score (nSPS) is 18.5. The van der Waals surface area contributed by atoms with E-state index >= 15 is 4.39 Å². The second-order valence-electron chi connectivity index (χ2n) is 10.2. The van der Waals surface area contributed by atoms with Gasteiger partial charge in [0.25, 0.3) is 5.91 Å². The van der Waals surface area contributed by atoms with E-state index in [9.17, 15) is 4.79 Å². The number of hydrogen-bond donors (Lipinski definition) is 0. The van der Waals surface area contributed by atoms with Crippen molar-refractivity contribution in [3.05, 3.63) is 83.2 Å². The molecule has 9 heteroatoms. The molecule has 2 bridgehead atoms. The molecule has 3 aromatic rings. The summed E-state index contributed by atoms with van der Waals surface area (Å²) < 4.78 is 38.3. The predicted octanol–water partition coefficient (Wildman–Crippen LogP) is 4.73. The molecule has 0 N–H and O–H groups in total. The number of aliphatic imine (C=N–C) groups is 1. The number of amides is 1. The van der Waals surface area contributed by atoms with Gasteiger partial charge in [-0.05, 0) is 60.4 Å². The molecule has 8 nitrogen and oxygen atoms in total. The lowest BCUT2D eigenvalue weighted by Crippen LogP contribution is -2.45. The second kappa shape index (κ2) is 13.0. The molecule has 3 aliphatic heterocycles. The summed E-state index contributed by atoms with van der Waals surface area (Å²) in [5, 5.41) is 0. The van der Waals surface area contributed by atoms with Crippen LogP contribution < -0.4 is 18.9 Å². The summed E-state index contributed by atoms with van der Waals surface area (Å²) in [5.41, 5.74) is 2.28. The second-order valence-corrected chi connectivity index (χ2v) is 10.2. The first-order valence-electron chi connectivity index (χ1n) is 13.8. The summed E-state index contributed by atoms with van der Waals surface area (Å²) in [6.07, 6.45) is 1.87. The Balaban J connectivity index is 1.42. The van der Waals surface area contributed by atoms with Gasteiger partial charge in [-0.1, -0.05) is 24.3 Å². The van der Waals surface area contributed by atoms with Gasteiger partial charge >= 0.3 is 0 Å². The average Bonchev–Trinajstić information content (AvgIpc) is 3.34. The third-order valence-electron chi connectivity index (χ3n) is 7.72. The van der Waals surface area contributed by atoms with Crippen LogP contribution in [-0.4, -0.2) is 74.9 Å². The van der Waals surface area contributed by atoms with Crippen LogP contribution in [0.4, 0.5) is 4.39 Å². The van der Waals surface area contributed by atoms with Gasteiger partial charge in [-0.25, -0.2) is 4.39 Å². The first kappa shape index (κ1) is 28.4. The van der Waals surface area contributed by atoms with Gasteiger partial charge in [0, 0.05) is 44.8 Å². The van der Waals surface area contributed by atoms with Crippen LogP contribution in [0.3, 0.4) is 0 Å². The number of carbonyl (C=O) groups is 1. The number of halogens is 1. The molecular weight excluding hydrogens is 525 g/mol. The maximum absolute atomic E-state index is 15.7. The van der Waals surface area contributed by atoms with Crippen LogP contribution in [-0.2, 0) is 18.0 Å². The lowest BCUT2D eigenvalue weighted by atomic mass is 10.0. The maximum atomic E-state index is 15.7. The van der Waals surface area contributed by atoms with Crippen molar-refractivity contribution in [2.24, 2.45) is 4.99 Å². The summed E-state index contributed by atoms with van der Waals surface area (Å²) in [7, 11) is 4.77. The maximum Gasteiger partial charge on any atom is 0.272 e. The predicted molar refractivity (Wildman–Crippen MR) is 155 cm³/mol. The third kappa shape index (κ3) is 6.62. The highest BCUT2D eigenvalue weighted by atomic mass is 19.1. The molecule has 0 atom stereocenters. The van der Waals surface area contributed by atoms with Gasteiger partial charge in [0.2, 0.25) is 0 Å². The van der Waals surface area contributed by atoms with Crippen molar-refractivity contribution in [3.8, 4) is 23.0 Å². The highest BCUT2D eigenvalue weighted by Crippen LogP contribution is 2.34. The quantitative estimate of drug-likeness (QED) is 0.334. The van der Waals surface area contributed by atoms with Crippen LogP contribution in [0.15, 0.2) is 65.7 Å². The minimum absolute atomic E-state index is 0.0258. The molecule has 0 spiro atoms. The molecule has 0 aromatic heterocycles. The number of rotatable bonds is 10. The Labute approximate surface area is 240 Å². The van der Waals surface area contributed by atoms with E-state index in [1.54, 1.807) is 27.3 Å². The van der Waals surface area contributed by atoms with Crippen LogP contribution in [0.25, 0.3) is 0 Å². The molecule has 3 fully saturated rings. The number of hydrogen-bond acceptors (Lipinski definition) is 7. The van der Waals surface area contributed by atoms with Crippen molar-refractivity contribution in [2.75, 3.05) is 47.4 Å². The van der Waals surface area contributed by atoms with E-state index < -0.39 is 5.82 Å². The van der Waals surface area contributed by atoms with Crippen LogP contribution in [0.5, 0.6) is 23.0 Å². The number of benzene rings is 3. The summed E-state index contributed by atoms with van der Waals surface area (Å²) in [5.74, 6) is 0.805. The molecule has 3 heterocycles. The van der Waals surface area contributed by atoms with Gasteiger partial charge in [0.1, 0.15) is 30.4 Å². The summed E-state index contributed by atoms with van der Waals surface area (Å²) in [6.45, 7) is 3.74. The lowest BCUT2D eigenvalue weighted by Gasteiger charge is -2.31. The van der Waals surface area contributed by atoms with Crippen molar-refractivity contribution >= 4 is 11.6 Å². The molecule has 0 unspecified atom stereocenters. The zero-order valence-corrected chi connectivity index (χ0v) is 23.8. The van der Waals surface area contributed by atoms with E-state index in [1.807, 2.05) is 53.4 Å². The fourth-order valence-corrected chi connectivity index (χ4v) is 5.35. The fourth-order valence-electron chi connectivity index (χ4n) is 5.35. The Kier molecular flexibility index (Phi) is 9.04. The van der Waals surface area contributed by atoms with Gasteiger partial charge in [-0.2, -0.15) is 0 Å². The van der Waals surface area contributed by atoms with Crippen LogP contribution >= 0.6 is 0 Å². The van der Waals surface area contributed by atoms with Gasteiger partial charge in [0.05, 0.1) is 14.2 Å². The van der Waals surface area contributed by atoms with Crippen LogP contribution in [0, 0.1) is 5.82 Å². The molecule has 0 saturated carbocycles. The Morgan fingerprint density at radius 1 is 0.854 bits per heavy atom. The molecule has 6 rings (SSSR count). The average molecular weight is 562 g/mol. The molecule has 0 aliphatic carbocycles. The Morgan fingerprint density at radius 3 is 2.00 bits per heavy atom. The van der Waals surface area contributed by atoms with E-state index in [2.05, 4.69) is 9.89 Å². The van der Waals surface area contributed by atoms with Gasteiger partial charge in [-0.3, -0.25) is 9.79 Å². The number of ether oxygens (including phenoxy) is 4. The Hall–Kier alpha value is -4.11. The minimum atomic E-state index is -0.627. The number of piperidine rings is 1. The summed E-state index contributed by atoms with van der Waals surface area (Å²) in [6, 6.07) is 17.9. The highest BCUT2D eigenvalue weighted by molar-refractivity contribution is 6.45. The van der Waals surface area contributed by atoms with Crippen molar-refractivity contribution < 1.29 is 28.1 Å². The molecule has 3 saturated heterocycles. The summed E-state index contributed by atoms with van der Waals surface area (Å²) in [4.78, 5) is 22.4. The van der Waals surface area contributed by atoms with Gasteiger partial charge in [0.15, 0.2) is 17.3 Å². The van der Waals surface area contributed by atoms with E-state index in [-0.39, 0.29) is 42.4 Å².